The normalized spacial score (nSPS) is 15.5. The second-order valence-corrected chi connectivity index (χ2v) is 3.02. The lowest BCUT2D eigenvalue weighted by Crippen LogP contribution is -2.29. The molecule has 14 heavy (non-hydrogen) atoms. The second-order valence-electron chi connectivity index (χ2n) is 3.02. The van der Waals surface area contributed by atoms with Crippen LogP contribution in [0.2, 0.25) is 0 Å². The molecule has 0 saturated heterocycles. The molecule has 0 fully saturated rings. The number of ether oxygens (including phenoxy) is 1. The fourth-order valence-electron chi connectivity index (χ4n) is 1.47. The zero-order chi connectivity index (χ0) is 10.6. The maximum atomic E-state index is 11.4. The summed E-state index contributed by atoms with van der Waals surface area (Å²) in [5.74, 6) is -0.353. The highest BCUT2D eigenvalue weighted by Crippen LogP contribution is 2.24. The molecule has 0 aromatic heterocycles. The summed E-state index contributed by atoms with van der Waals surface area (Å²) in [5, 5.41) is 2.45. The van der Waals surface area contributed by atoms with Crippen molar-refractivity contribution >= 4 is 12.0 Å². The number of urea groups is 1. The highest BCUT2D eigenvalue weighted by molar-refractivity contribution is 5.91. The van der Waals surface area contributed by atoms with Crippen LogP contribution in [-0.4, -0.2) is 18.6 Å². The van der Waals surface area contributed by atoms with Gasteiger partial charge in [-0.05, 0) is 26.2 Å². The molecule has 0 saturated carbocycles. The van der Waals surface area contributed by atoms with Gasteiger partial charge in [0, 0.05) is 5.70 Å². The van der Waals surface area contributed by atoms with Crippen LogP contribution in [0, 0.1) is 0 Å². The average molecular weight is 198 g/mol. The Morgan fingerprint density at radius 1 is 1.50 bits per heavy atom. The molecule has 78 valence electrons. The smallest absolute Gasteiger partial charge is 0.335 e. The average Bonchev–Trinajstić information content (AvgIpc) is 2.51. The van der Waals surface area contributed by atoms with Crippen molar-refractivity contribution < 1.29 is 14.3 Å². The fourth-order valence-corrected chi connectivity index (χ4v) is 1.47. The topological polar surface area (TPSA) is 81.4 Å². The van der Waals surface area contributed by atoms with Crippen molar-refractivity contribution in [3.63, 3.8) is 0 Å². The molecule has 0 aromatic carbocycles. The number of carbonyl (C=O) groups is 2. The van der Waals surface area contributed by atoms with Gasteiger partial charge >= 0.3 is 12.0 Å². The van der Waals surface area contributed by atoms with Gasteiger partial charge < -0.3 is 15.8 Å². The van der Waals surface area contributed by atoms with Gasteiger partial charge in [-0.25, -0.2) is 9.59 Å². The summed E-state index contributed by atoms with van der Waals surface area (Å²) < 4.78 is 4.85. The van der Waals surface area contributed by atoms with E-state index in [1.807, 2.05) is 0 Å². The van der Waals surface area contributed by atoms with Gasteiger partial charge in [-0.2, -0.15) is 0 Å². The summed E-state index contributed by atoms with van der Waals surface area (Å²) in [6.07, 6.45) is 2.18. The number of nitrogens with two attached hydrogens (primary N) is 1. The molecule has 1 aliphatic rings. The maximum absolute atomic E-state index is 11.4. The quantitative estimate of drug-likeness (QED) is 0.653. The molecule has 0 spiro atoms. The van der Waals surface area contributed by atoms with Crippen molar-refractivity contribution in [1.29, 1.82) is 0 Å². The number of primary amides is 1. The van der Waals surface area contributed by atoms with Gasteiger partial charge in [0.1, 0.15) is 0 Å². The molecular formula is C9H14N2O3. The van der Waals surface area contributed by atoms with E-state index in [1.165, 1.54) is 0 Å². The number of nitrogens with one attached hydrogen (secondary N) is 1. The van der Waals surface area contributed by atoms with Crippen LogP contribution in [0.4, 0.5) is 4.79 Å². The minimum absolute atomic E-state index is 0.339. The lowest BCUT2D eigenvalue weighted by Gasteiger charge is -2.06. The molecule has 1 aliphatic carbocycles. The Balaban J connectivity index is 2.71. The number of hydrogen-bond acceptors (Lipinski definition) is 3. The first-order valence-electron chi connectivity index (χ1n) is 4.60. The number of amides is 2. The lowest BCUT2D eigenvalue weighted by atomic mass is 10.2. The predicted molar refractivity (Wildman–Crippen MR) is 50.2 cm³/mol. The van der Waals surface area contributed by atoms with E-state index in [9.17, 15) is 9.59 Å². The van der Waals surface area contributed by atoms with E-state index in [1.54, 1.807) is 6.92 Å². The zero-order valence-corrected chi connectivity index (χ0v) is 8.13. The van der Waals surface area contributed by atoms with Crippen LogP contribution in [0.15, 0.2) is 11.3 Å². The molecule has 0 aliphatic heterocycles. The molecule has 0 bridgehead atoms. The molecule has 2 amide bonds. The summed E-state index contributed by atoms with van der Waals surface area (Å²) in [6, 6.07) is -0.635. The molecule has 5 heteroatoms. The number of carbonyl (C=O) groups excluding carboxylic acids is 2. The highest BCUT2D eigenvalue weighted by Gasteiger charge is 2.22. The summed E-state index contributed by atoms with van der Waals surface area (Å²) in [4.78, 5) is 22.0. The van der Waals surface area contributed by atoms with Gasteiger partial charge in [-0.15, -0.1) is 0 Å². The molecule has 5 nitrogen and oxygen atoms in total. The highest BCUT2D eigenvalue weighted by atomic mass is 16.5. The first kappa shape index (κ1) is 10.6. The van der Waals surface area contributed by atoms with Crippen LogP contribution < -0.4 is 11.1 Å². The van der Waals surface area contributed by atoms with Crippen LogP contribution in [0.3, 0.4) is 0 Å². The SMILES string of the molecule is CCOC(=O)C1=C(NC(N)=O)CCC1. The Kier molecular flexibility index (Phi) is 3.50. The first-order valence-corrected chi connectivity index (χ1v) is 4.60. The molecule has 3 N–H and O–H groups in total. The van der Waals surface area contributed by atoms with Crippen molar-refractivity contribution in [1.82, 2.24) is 5.32 Å². The molecule has 0 unspecified atom stereocenters. The van der Waals surface area contributed by atoms with E-state index in [0.717, 1.165) is 6.42 Å². The number of esters is 1. The van der Waals surface area contributed by atoms with Crippen LogP contribution in [-0.2, 0) is 9.53 Å². The van der Waals surface area contributed by atoms with Crippen LogP contribution in [0.1, 0.15) is 26.2 Å². The summed E-state index contributed by atoms with van der Waals surface area (Å²) in [6.45, 7) is 2.08. The standard InChI is InChI=1S/C9H14N2O3/c1-2-14-8(12)6-4-3-5-7(6)11-9(10)13/h2-5H2,1H3,(H3,10,11,13). The van der Waals surface area contributed by atoms with Gasteiger partial charge in [-0.3, -0.25) is 0 Å². The maximum Gasteiger partial charge on any atom is 0.335 e. The van der Waals surface area contributed by atoms with Gasteiger partial charge in [0.05, 0.1) is 12.2 Å². The zero-order valence-electron chi connectivity index (χ0n) is 8.13. The molecule has 0 heterocycles. The number of rotatable bonds is 3. The first-order chi connectivity index (χ1) is 6.65. The van der Waals surface area contributed by atoms with E-state index >= 15 is 0 Å². The van der Waals surface area contributed by atoms with Crippen LogP contribution >= 0.6 is 0 Å². The van der Waals surface area contributed by atoms with Gasteiger partial charge in [-0.1, -0.05) is 0 Å². The fraction of sp³-hybridized carbons (Fsp3) is 0.556. The second kappa shape index (κ2) is 4.64. The van der Waals surface area contributed by atoms with Crippen molar-refractivity contribution in [3.05, 3.63) is 11.3 Å². The Hall–Kier alpha value is -1.52. The summed E-state index contributed by atoms with van der Waals surface area (Å²) in [7, 11) is 0. The minimum Gasteiger partial charge on any atom is -0.463 e. The van der Waals surface area contributed by atoms with E-state index in [0.29, 0.717) is 30.7 Å². The Morgan fingerprint density at radius 3 is 2.79 bits per heavy atom. The van der Waals surface area contributed by atoms with Gasteiger partial charge in [0.2, 0.25) is 0 Å². The molecule has 0 radical (unpaired) electrons. The van der Waals surface area contributed by atoms with Crippen LogP contribution in [0.5, 0.6) is 0 Å². The number of hydrogen-bond donors (Lipinski definition) is 2. The van der Waals surface area contributed by atoms with Gasteiger partial charge in [0.25, 0.3) is 0 Å². The minimum atomic E-state index is -0.635. The van der Waals surface area contributed by atoms with Crippen molar-refractivity contribution in [2.75, 3.05) is 6.61 Å². The monoisotopic (exact) mass is 198 g/mol. The van der Waals surface area contributed by atoms with Gasteiger partial charge in [0.15, 0.2) is 0 Å². The summed E-state index contributed by atoms with van der Waals surface area (Å²) in [5.41, 5.74) is 6.13. The lowest BCUT2D eigenvalue weighted by molar-refractivity contribution is -0.138. The van der Waals surface area contributed by atoms with E-state index in [-0.39, 0.29) is 5.97 Å². The third kappa shape index (κ3) is 2.48. The Bertz CT molecular complexity index is 284. The van der Waals surface area contributed by atoms with Crippen LogP contribution in [0.25, 0.3) is 0 Å². The van der Waals surface area contributed by atoms with E-state index in [2.05, 4.69) is 5.32 Å². The van der Waals surface area contributed by atoms with Crippen molar-refractivity contribution in [2.24, 2.45) is 5.73 Å². The molecule has 1 rings (SSSR count). The third-order valence-electron chi connectivity index (χ3n) is 2.01. The molecular weight excluding hydrogens is 184 g/mol. The molecule has 0 atom stereocenters. The van der Waals surface area contributed by atoms with E-state index in [4.69, 9.17) is 10.5 Å². The van der Waals surface area contributed by atoms with Crippen molar-refractivity contribution in [3.8, 4) is 0 Å². The van der Waals surface area contributed by atoms with Crippen molar-refractivity contribution in [2.45, 2.75) is 26.2 Å². The predicted octanol–water partition coefficient (Wildman–Crippen LogP) is 0.656. The number of allylic oxidation sites excluding steroid dienone is 1. The van der Waals surface area contributed by atoms with E-state index < -0.39 is 6.03 Å². The Labute approximate surface area is 82.3 Å². The third-order valence-corrected chi connectivity index (χ3v) is 2.01. The Morgan fingerprint density at radius 2 is 2.21 bits per heavy atom. The largest absolute Gasteiger partial charge is 0.463 e. The molecule has 0 aromatic rings. The summed E-state index contributed by atoms with van der Waals surface area (Å²) >= 11 is 0.